The molecule has 3 saturated heterocycles. The molecule has 512 valence electrons. The summed E-state index contributed by atoms with van der Waals surface area (Å²) in [6.45, 7) is -0.487. The van der Waals surface area contributed by atoms with Crippen molar-refractivity contribution in [2.24, 2.45) is 5.92 Å². The van der Waals surface area contributed by atoms with Gasteiger partial charge >= 0.3 is 0 Å². The first-order chi connectivity index (χ1) is 41.3. The summed E-state index contributed by atoms with van der Waals surface area (Å²) in [6, 6.07) is 0. The number of aliphatic hydroxyl groups is 22. The summed E-state index contributed by atoms with van der Waals surface area (Å²) in [5.74, 6) is -8.35. The second-order valence-electron chi connectivity index (χ2n) is 20.5. The Labute approximate surface area is 501 Å². The van der Waals surface area contributed by atoms with Gasteiger partial charge in [-0.15, -0.1) is 0 Å². The van der Waals surface area contributed by atoms with Crippen LogP contribution in [0.3, 0.4) is 0 Å². The van der Waals surface area contributed by atoms with Crippen LogP contribution >= 0.6 is 0 Å². The molecule has 3 fully saturated rings. The van der Waals surface area contributed by atoms with Gasteiger partial charge in [-0.05, 0) is 13.3 Å². The average Bonchev–Trinajstić information content (AvgIpc) is 2.48. The lowest BCUT2D eigenvalue weighted by Crippen LogP contribution is -2.65. The number of hydrogen-bond donors (Lipinski definition) is 25. The summed E-state index contributed by atoms with van der Waals surface area (Å²) in [5.41, 5.74) is -1.55. The Hall–Kier alpha value is -4.29. The Morgan fingerprint density at radius 3 is 1.62 bits per heavy atom. The van der Waals surface area contributed by atoms with Gasteiger partial charge in [0.1, 0.15) is 109 Å². The Kier molecular flexibility index (Phi) is 33.0. The van der Waals surface area contributed by atoms with Gasteiger partial charge in [0.15, 0.2) is 42.9 Å². The van der Waals surface area contributed by atoms with Crippen LogP contribution < -0.4 is 16.0 Å². The van der Waals surface area contributed by atoms with Gasteiger partial charge in [-0.2, -0.15) is 0 Å². The molecule has 0 bridgehead atoms. The van der Waals surface area contributed by atoms with Crippen molar-refractivity contribution in [3.63, 3.8) is 0 Å². The highest BCUT2D eigenvalue weighted by Gasteiger charge is 2.54. The second kappa shape index (κ2) is 37.3. The molecule has 3 amide bonds. The maximum atomic E-state index is 12.6. The minimum absolute atomic E-state index is 0.00147. The maximum Gasteiger partial charge on any atom is 0.221 e. The van der Waals surface area contributed by atoms with E-state index in [9.17, 15) is 122 Å². The fraction of sp³-hybridized carbons (Fsp3) is 0.820. The summed E-state index contributed by atoms with van der Waals surface area (Å²) in [6.07, 6.45) is -52.3. The molecule has 3 heterocycles. The number of nitrogens with one attached hydrogen (secondary N) is 3. The van der Waals surface area contributed by atoms with Crippen molar-refractivity contribution >= 4 is 17.7 Å². The van der Waals surface area contributed by atoms with Crippen LogP contribution in [-0.2, 0) is 61.8 Å². The van der Waals surface area contributed by atoms with Crippen LogP contribution in [0.5, 0.6) is 0 Å². The Morgan fingerprint density at radius 1 is 0.523 bits per heavy atom. The molecule has 25 N–H and O–H groups in total. The van der Waals surface area contributed by atoms with Crippen LogP contribution in [0.25, 0.3) is 0 Å². The number of carbonyl (C=O) groups is 3. The first-order valence-corrected chi connectivity index (χ1v) is 27.5. The van der Waals surface area contributed by atoms with Crippen molar-refractivity contribution in [1.82, 2.24) is 16.0 Å². The Morgan fingerprint density at radius 2 is 1.07 bits per heavy atom. The molecule has 38 heteroatoms. The van der Waals surface area contributed by atoms with Crippen molar-refractivity contribution < 1.29 is 174 Å². The molecule has 0 aromatic carbocycles. The van der Waals surface area contributed by atoms with Crippen molar-refractivity contribution in [2.75, 3.05) is 46.2 Å². The molecule has 0 spiro atoms. The maximum absolute atomic E-state index is 12.6. The monoisotopic (exact) mass is 1290 g/mol. The topological polar surface area (TPSA) is 625 Å². The van der Waals surface area contributed by atoms with Crippen LogP contribution in [0, 0.1) is 5.92 Å². The third-order valence-electron chi connectivity index (χ3n) is 13.6. The quantitative estimate of drug-likeness (QED) is 0.0205. The zero-order valence-corrected chi connectivity index (χ0v) is 48.4. The zero-order chi connectivity index (χ0) is 66.6. The van der Waals surface area contributed by atoms with Gasteiger partial charge < -0.3 is 176 Å². The number of aliphatic hydroxyl groups excluding tert-OH is 22. The van der Waals surface area contributed by atoms with E-state index >= 15 is 0 Å². The molecule has 3 aliphatic heterocycles. The molecule has 25 atom stereocenters. The molecule has 12 unspecified atom stereocenters. The van der Waals surface area contributed by atoms with E-state index in [0.717, 1.165) is 27.7 Å². The van der Waals surface area contributed by atoms with Gasteiger partial charge in [-0.1, -0.05) is 6.92 Å². The summed E-state index contributed by atoms with van der Waals surface area (Å²) in [4.78, 5) is 36.2. The van der Waals surface area contributed by atoms with E-state index in [1.165, 1.54) is 6.92 Å². The van der Waals surface area contributed by atoms with Crippen molar-refractivity contribution in [2.45, 2.75) is 208 Å². The van der Waals surface area contributed by atoms with Crippen molar-refractivity contribution in [3.05, 3.63) is 34.4 Å². The van der Waals surface area contributed by atoms with Gasteiger partial charge in [0.2, 0.25) is 36.6 Å². The molecular weight excluding hydrogens is 1200 g/mol. The first kappa shape index (κ1) is 78.0. The minimum atomic E-state index is -2.56. The van der Waals surface area contributed by atoms with Crippen LogP contribution in [0.2, 0.25) is 0 Å². The second-order valence-corrected chi connectivity index (χ2v) is 20.5. The predicted octanol–water partition coefficient (Wildman–Crippen LogP) is -9.95. The fourth-order valence-corrected chi connectivity index (χ4v) is 8.78. The van der Waals surface area contributed by atoms with Crippen LogP contribution in [0.4, 0.5) is 0 Å². The fourth-order valence-electron chi connectivity index (χ4n) is 8.78. The number of ether oxygens (including phenoxy) is 10. The highest BCUT2D eigenvalue weighted by atomic mass is 16.8. The van der Waals surface area contributed by atoms with Crippen molar-refractivity contribution in [1.29, 1.82) is 0 Å². The molecule has 0 radical (unpaired) electrons. The van der Waals surface area contributed by atoms with Crippen LogP contribution in [0.15, 0.2) is 34.4 Å². The third kappa shape index (κ3) is 22.0. The highest BCUT2D eigenvalue weighted by molar-refractivity contribution is 5.75. The number of amides is 3. The molecule has 38 nitrogen and oxygen atoms in total. The molecule has 0 aromatic rings. The van der Waals surface area contributed by atoms with Crippen molar-refractivity contribution in [3.8, 4) is 0 Å². The summed E-state index contributed by atoms with van der Waals surface area (Å²) in [7, 11) is 0. The van der Waals surface area contributed by atoms with Gasteiger partial charge in [0.05, 0.1) is 38.2 Å². The standard InChI is InChI=1S/C50H87N3O35/c1-6-21(14-79-46(77)38(71)30(63)22(62)7-10-54)44(75)80-15-26-34(67)37(70)42(87-47(78)43(74)53-20(5)61)50(86-26)81-16-27-35(68)41(88-48-39(72)36(69)33(66)25(13-57)84-48)40(73)49(85-27)83-24(9-12-56)32(65)29(52-19(4)60)45(76)82-23(8-11-55)31(64)28(17(2)58)51-18(3)59/h17,21-27,33-37,39-50,54-58,62-78H,6-16H2,1-5H3,(H,51,59)(H,52,60)(H,53,61)/b31-28-,32-29-,38-30-/t17-,21?,22-,23+,24+,25?,26?,27?,33+,34+,35+,36?,37?,39?,40?,41?,42?,43?,44?,45-,46-,47-,48+,49+,50-/m0/s1. The molecule has 0 aromatic heterocycles. The van der Waals surface area contributed by atoms with E-state index in [-0.39, 0.29) is 6.42 Å². The van der Waals surface area contributed by atoms with Crippen LogP contribution in [0.1, 0.15) is 60.3 Å². The normalized spacial score (nSPS) is 32.1. The molecule has 88 heavy (non-hydrogen) atoms. The van der Waals surface area contributed by atoms with E-state index < -0.39 is 272 Å². The smallest absolute Gasteiger partial charge is 0.221 e. The molecule has 3 rings (SSSR count). The van der Waals surface area contributed by atoms with Gasteiger partial charge in [0, 0.05) is 65.8 Å². The van der Waals surface area contributed by atoms with E-state index in [0.29, 0.717) is 0 Å². The van der Waals surface area contributed by atoms with Gasteiger partial charge in [-0.25, -0.2) is 0 Å². The molecule has 0 aliphatic carbocycles. The first-order valence-electron chi connectivity index (χ1n) is 27.5. The lowest BCUT2D eigenvalue weighted by molar-refractivity contribution is -0.373. The SMILES string of the molecule is CCC(CO[C@H](O)/C(O)=C(/O)[C@@H](O)CCO)C(O)OCC1O[C@H](OCC2O[C@@H](O[C@H](CCO)/C(O)=C(/NC(C)=O)[C@@H](O)O[C@H](CCO)/C(O)=C(/NC(C)=O)[C@H](C)O)C(O)C(O[C@H]3OC(CO)[C@@H](O)C(O)C3O)[C@@H]2O)C(O[C@H](O)C(O)NC(C)=O)C(O)[C@@H]1O. The van der Waals surface area contributed by atoms with E-state index in [1.54, 1.807) is 0 Å². The zero-order valence-electron chi connectivity index (χ0n) is 48.4. The Bertz CT molecular complexity index is 2230. The predicted molar refractivity (Wildman–Crippen MR) is 282 cm³/mol. The van der Waals surface area contributed by atoms with Gasteiger partial charge in [-0.3, -0.25) is 14.4 Å². The molecule has 3 aliphatic rings. The molecule has 0 saturated carbocycles. The van der Waals surface area contributed by atoms with E-state index in [4.69, 9.17) is 52.5 Å². The summed E-state index contributed by atoms with van der Waals surface area (Å²) < 4.78 is 56.3. The van der Waals surface area contributed by atoms with E-state index in [2.05, 4.69) is 10.6 Å². The average molecular weight is 1290 g/mol. The molecular formula is C50H87N3O35. The third-order valence-corrected chi connectivity index (χ3v) is 13.6. The number of hydrogen-bond acceptors (Lipinski definition) is 35. The lowest BCUT2D eigenvalue weighted by Gasteiger charge is -2.47. The summed E-state index contributed by atoms with van der Waals surface area (Å²) >= 11 is 0. The minimum Gasteiger partial charge on any atom is -0.508 e. The number of carbonyl (C=O) groups excluding carboxylic acids is 3. The Balaban J connectivity index is 2.11. The largest absolute Gasteiger partial charge is 0.508 e. The lowest BCUT2D eigenvalue weighted by atomic mass is 9.96. The van der Waals surface area contributed by atoms with Crippen LogP contribution in [-0.4, -0.2) is 324 Å². The van der Waals surface area contributed by atoms with Gasteiger partial charge in [0.25, 0.3) is 0 Å². The number of rotatable bonds is 36. The van der Waals surface area contributed by atoms with E-state index in [1.807, 2.05) is 5.32 Å². The highest BCUT2D eigenvalue weighted by Crippen LogP contribution is 2.34. The summed E-state index contributed by atoms with van der Waals surface area (Å²) in [5, 5.41) is 241.